The zero-order valence-corrected chi connectivity index (χ0v) is 14.6. The number of carbonyl (C=O) groups is 1. The predicted molar refractivity (Wildman–Crippen MR) is 91.0 cm³/mol. The summed E-state index contributed by atoms with van der Waals surface area (Å²) >= 11 is 0. The maximum Gasteiger partial charge on any atom is 0.258 e. The van der Waals surface area contributed by atoms with Crippen LogP contribution in [-0.2, 0) is 0 Å². The average Bonchev–Trinajstić information content (AvgIpc) is 3.26. The Morgan fingerprint density at radius 3 is 2.71 bits per heavy atom. The molecule has 4 rings (SSSR count). The van der Waals surface area contributed by atoms with Gasteiger partial charge in [-0.05, 0) is 59.2 Å². The van der Waals surface area contributed by atoms with Gasteiger partial charge in [0, 0.05) is 24.3 Å². The Morgan fingerprint density at radius 2 is 1.96 bits per heavy atom. The first kappa shape index (κ1) is 15.6. The number of aromatic nitrogens is 2. The number of carbonyl (C=O) groups excluding carboxylic acids is 1. The minimum atomic E-state index is 0.0969. The predicted octanol–water partition coefficient (Wildman–Crippen LogP) is 2.54. The normalized spacial score (nSPS) is 25.0. The number of fused-ring (bicyclic) bond motifs is 1. The Labute approximate surface area is 141 Å². The number of pyridine rings is 1. The van der Waals surface area contributed by atoms with Gasteiger partial charge in [0.1, 0.15) is 0 Å². The van der Waals surface area contributed by atoms with Crippen LogP contribution in [0.4, 0.5) is 0 Å². The van der Waals surface area contributed by atoms with Gasteiger partial charge in [0.05, 0.1) is 16.6 Å². The van der Waals surface area contributed by atoms with Crippen molar-refractivity contribution in [2.75, 3.05) is 20.1 Å². The first-order valence-electron chi connectivity index (χ1n) is 8.81. The Morgan fingerprint density at radius 1 is 1.21 bits per heavy atom. The van der Waals surface area contributed by atoms with Gasteiger partial charge in [-0.2, -0.15) is 0 Å². The van der Waals surface area contributed by atoms with Gasteiger partial charge in [-0.3, -0.25) is 4.79 Å². The zero-order valence-electron chi connectivity index (χ0n) is 14.6. The summed E-state index contributed by atoms with van der Waals surface area (Å²) in [4.78, 5) is 22.2. The van der Waals surface area contributed by atoms with Crippen molar-refractivity contribution in [1.82, 2.24) is 19.9 Å². The average molecular weight is 328 g/mol. The van der Waals surface area contributed by atoms with Crippen LogP contribution in [0, 0.1) is 13.8 Å². The SMILES string of the molecule is Cc1cc(C(=O)N2CCCC2C2CCCN2C)c2c(C)noc2n1. The van der Waals surface area contributed by atoms with E-state index in [0.717, 1.165) is 42.7 Å². The van der Waals surface area contributed by atoms with Gasteiger partial charge < -0.3 is 14.3 Å². The molecule has 6 nitrogen and oxygen atoms in total. The number of rotatable bonds is 2. The second kappa shape index (κ2) is 5.84. The fourth-order valence-corrected chi connectivity index (χ4v) is 4.41. The van der Waals surface area contributed by atoms with Crippen molar-refractivity contribution in [3.63, 3.8) is 0 Å². The Bertz CT molecular complexity index is 785. The van der Waals surface area contributed by atoms with Crippen molar-refractivity contribution in [3.05, 3.63) is 23.0 Å². The molecule has 4 heterocycles. The van der Waals surface area contributed by atoms with Crippen molar-refractivity contribution in [1.29, 1.82) is 0 Å². The third-order valence-corrected chi connectivity index (χ3v) is 5.56. The molecule has 0 saturated carbocycles. The van der Waals surface area contributed by atoms with Crippen molar-refractivity contribution < 1.29 is 9.32 Å². The van der Waals surface area contributed by atoms with Crippen LogP contribution in [0.5, 0.6) is 0 Å². The van der Waals surface area contributed by atoms with E-state index in [2.05, 4.69) is 27.0 Å². The molecule has 0 radical (unpaired) electrons. The molecule has 2 aliphatic heterocycles. The highest BCUT2D eigenvalue weighted by Gasteiger charge is 2.39. The molecule has 0 aliphatic carbocycles. The highest BCUT2D eigenvalue weighted by molar-refractivity contribution is 6.06. The summed E-state index contributed by atoms with van der Waals surface area (Å²) in [6.45, 7) is 5.72. The topological polar surface area (TPSA) is 62.5 Å². The summed E-state index contributed by atoms with van der Waals surface area (Å²) < 4.78 is 5.29. The Balaban J connectivity index is 1.72. The fourth-order valence-electron chi connectivity index (χ4n) is 4.41. The smallest absolute Gasteiger partial charge is 0.258 e. The van der Waals surface area contributed by atoms with Crippen LogP contribution in [-0.4, -0.2) is 58.1 Å². The monoisotopic (exact) mass is 328 g/mol. The molecule has 2 unspecified atom stereocenters. The maximum atomic E-state index is 13.3. The summed E-state index contributed by atoms with van der Waals surface area (Å²) in [7, 11) is 2.18. The fraction of sp³-hybridized carbons (Fsp3) is 0.611. The zero-order chi connectivity index (χ0) is 16.8. The van der Waals surface area contributed by atoms with E-state index >= 15 is 0 Å². The van der Waals surface area contributed by atoms with E-state index in [1.165, 1.54) is 12.8 Å². The number of likely N-dealkylation sites (N-methyl/N-ethyl adjacent to an activating group) is 1. The first-order chi connectivity index (χ1) is 11.6. The third kappa shape index (κ3) is 2.40. The van der Waals surface area contributed by atoms with E-state index in [1.54, 1.807) is 0 Å². The lowest BCUT2D eigenvalue weighted by molar-refractivity contribution is 0.0666. The van der Waals surface area contributed by atoms with Crippen LogP contribution in [0.25, 0.3) is 11.1 Å². The largest absolute Gasteiger partial charge is 0.336 e. The lowest BCUT2D eigenvalue weighted by Crippen LogP contribution is -2.47. The van der Waals surface area contributed by atoms with Gasteiger partial charge in [-0.1, -0.05) is 5.16 Å². The molecule has 0 bridgehead atoms. The third-order valence-electron chi connectivity index (χ3n) is 5.56. The van der Waals surface area contributed by atoms with Crippen LogP contribution in [0.2, 0.25) is 0 Å². The molecule has 2 aliphatic rings. The van der Waals surface area contributed by atoms with Crippen molar-refractivity contribution in [2.24, 2.45) is 0 Å². The van der Waals surface area contributed by atoms with E-state index in [9.17, 15) is 4.79 Å². The van der Waals surface area contributed by atoms with Crippen LogP contribution in [0.15, 0.2) is 10.6 Å². The van der Waals surface area contributed by atoms with Crippen molar-refractivity contribution in [3.8, 4) is 0 Å². The molecule has 2 aromatic rings. The molecular weight excluding hydrogens is 304 g/mol. The summed E-state index contributed by atoms with van der Waals surface area (Å²) in [6, 6.07) is 2.68. The second-order valence-corrected chi connectivity index (χ2v) is 7.16. The molecule has 24 heavy (non-hydrogen) atoms. The number of amides is 1. The quantitative estimate of drug-likeness (QED) is 0.848. The van der Waals surface area contributed by atoms with Gasteiger partial charge in [-0.25, -0.2) is 4.98 Å². The number of nitrogens with zero attached hydrogens (tertiary/aromatic N) is 4. The standard InChI is InChI=1S/C18H24N4O2/c1-11-10-13(16-12(2)20-24-17(16)19-11)18(23)22-9-5-7-15(22)14-6-4-8-21(14)3/h10,14-15H,4-9H2,1-3H3. The van der Waals surface area contributed by atoms with Crippen molar-refractivity contribution >= 4 is 17.0 Å². The lowest BCUT2D eigenvalue weighted by Gasteiger charge is -2.33. The molecule has 0 spiro atoms. The van der Waals surface area contributed by atoms with E-state index in [0.29, 0.717) is 23.4 Å². The van der Waals surface area contributed by atoms with Crippen LogP contribution in [0.3, 0.4) is 0 Å². The van der Waals surface area contributed by atoms with E-state index in [1.807, 2.05) is 19.9 Å². The summed E-state index contributed by atoms with van der Waals surface area (Å²) in [5, 5.41) is 4.76. The Kier molecular flexibility index (Phi) is 3.79. The van der Waals surface area contributed by atoms with Gasteiger partial charge in [0.2, 0.25) is 0 Å². The minimum absolute atomic E-state index is 0.0969. The number of likely N-dealkylation sites (tertiary alicyclic amines) is 2. The van der Waals surface area contributed by atoms with Crippen LogP contribution in [0.1, 0.15) is 47.4 Å². The van der Waals surface area contributed by atoms with E-state index in [4.69, 9.17) is 4.52 Å². The molecular formula is C18H24N4O2. The number of hydrogen-bond donors (Lipinski definition) is 0. The number of hydrogen-bond acceptors (Lipinski definition) is 5. The van der Waals surface area contributed by atoms with Crippen LogP contribution >= 0.6 is 0 Å². The molecule has 128 valence electrons. The summed E-state index contributed by atoms with van der Waals surface area (Å²) in [6.07, 6.45) is 4.58. The molecule has 1 amide bonds. The molecule has 0 N–H and O–H groups in total. The molecule has 0 aromatic carbocycles. The van der Waals surface area contributed by atoms with E-state index in [-0.39, 0.29) is 5.91 Å². The van der Waals surface area contributed by atoms with Crippen molar-refractivity contribution in [2.45, 2.75) is 51.6 Å². The maximum absolute atomic E-state index is 13.3. The second-order valence-electron chi connectivity index (χ2n) is 7.16. The molecule has 6 heteroatoms. The molecule has 2 aromatic heterocycles. The van der Waals surface area contributed by atoms with Gasteiger partial charge in [0.15, 0.2) is 0 Å². The van der Waals surface area contributed by atoms with Gasteiger partial charge in [0.25, 0.3) is 11.6 Å². The molecule has 2 atom stereocenters. The minimum Gasteiger partial charge on any atom is -0.336 e. The first-order valence-corrected chi connectivity index (χ1v) is 8.81. The Hall–Kier alpha value is -1.95. The van der Waals surface area contributed by atoms with Gasteiger partial charge >= 0.3 is 0 Å². The summed E-state index contributed by atoms with van der Waals surface area (Å²) in [5.41, 5.74) is 2.67. The molecule has 2 saturated heterocycles. The van der Waals surface area contributed by atoms with E-state index < -0.39 is 0 Å². The highest BCUT2D eigenvalue weighted by Crippen LogP contribution is 2.32. The van der Waals surface area contributed by atoms with Gasteiger partial charge in [-0.15, -0.1) is 0 Å². The molecule has 2 fully saturated rings. The number of aryl methyl sites for hydroxylation is 2. The highest BCUT2D eigenvalue weighted by atomic mass is 16.5. The summed E-state index contributed by atoms with van der Waals surface area (Å²) in [5.74, 6) is 0.0969. The van der Waals surface area contributed by atoms with Crippen LogP contribution < -0.4 is 0 Å². The lowest BCUT2D eigenvalue weighted by atomic mass is 10.0.